The summed E-state index contributed by atoms with van der Waals surface area (Å²) >= 11 is 0. The SMILES string of the molecule is COC(=O)C1=C(C)NC2=C(C(=O)c3ccccc32)[C@H]1c1cc(C)n(-c2ccccc2C)c1C. The Morgan fingerprint density at radius 1 is 0.970 bits per heavy atom. The van der Waals surface area contributed by atoms with E-state index in [4.69, 9.17) is 4.74 Å². The topological polar surface area (TPSA) is 60.3 Å². The van der Waals surface area contributed by atoms with Crippen LogP contribution in [0.1, 0.15) is 51.3 Å². The number of nitrogens with zero attached hydrogens (tertiary/aromatic N) is 1. The number of ketones is 1. The highest BCUT2D eigenvalue weighted by atomic mass is 16.5. The second-order valence-electron chi connectivity index (χ2n) is 8.70. The molecule has 0 spiro atoms. The van der Waals surface area contributed by atoms with E-state index in [1.807, 2.05) is 50.2 Å². The molecule has 5 nitrogen and oxygen atoms in total. The van der Waals surface area contributed by atoms with Gasteiger partial charge >= 0.3 is 5.97 Å². The number of allylic oxidation sites excluding steroid dienone is 2. The highest BCUT2D eigenvalue weighted by Crippen LogP contribution is 2.48. The molecule has 2 heterocycles. The molecule has 2 aliphatic rings. The molecule has 33 heavy (non-hydrogen) atoms. The zero-order valence-electron chi connectivity index (χ0n) is 19.4. The number of Topliss-reactive ketones (excluding diaryl/α,β-unsaturated/α-hetero) is 1. The second-order valence-corrected chi connectivity index (χ2v) is 8.70. The van der Waals surface area contributed by atoms with Gasteiger partial charge in [0.2, 0.25) is 0 Å². The summed E-state index contributed by atoms with van der Waals surface area (Å²) in [5, 5.41) is 3.34. The fourth-order valence-corrected chi connectivity index (χ4v) is 5.29. The average molecular weight is 439 g/mol. The Morgan fingerprint density at radius 3 is 2.33 bits per heavy atom. The molecule has 0 saturated heterocycles. The van der Waals surface area contributed by atoms with Crippen LogP contribution >= 0.6 is 0 Å². The van der Waals surface area contributed by atoms with Crippen LogP contribution < -0.4 is 5.32 Å². The first-order valence-electron chi connectivity index (χ1n) is 11.0. The molecule has 0 unspecified atom stereocenters. The average Bonchev–Trinajstić information content (AvgIpc) is 3.26. The molecular formula is C28H26N2O3. The quantitative estimate of drug-likeness (QED) is 0.575. The van der Waals surface area contributed by atoms with Crippen molar-refractivity contribution in [3.8, 4) is 5.69 Å². The molecule has 5 heteroatoms. The van der Waals surface area contributed by atoms with Crippen LogP contribution in [-0.4, -0.2) is 23.4 Å². The van der Waals surface area contributed by atoms with Crippen LogP contribution in [0.5, 0.6) is 0 Å². The maximum Gasteiger partial charge on any atom is 0.336 e. The number of nitrogens with one attached hydrogen (secondary N) is 1. The summed E-state index contributed by atoms with van der Waals surface area (Å²) in [5.74, 6) is -0.994. The fourth-order valence-electron chi connectivity index (χ4n) is 5.29. The minimum absolute atomic E-state index is 0.0484. The number of fused-ring (bicyclic) bond motifs is 2. The number of rotatable bonds is 3. The minimum atomic E-state index is -0.516. The number of aromatic nitrogens is 1. The summed E-state index contributed by atoms with van der Waals surface area (Å²) in [6, 6.07) is 17.9. The minimum Gasteiger partial charge on any atom is -0.466 e. The van der Waals surface area contributed by atoms with Crippen molar-refractivity contribution in [2.45, 2.75) is 33.6 Å². The van der Waals surface area contributed by atoms with E-state index in [1.165, 1.54) is 7.11 Å². The van der Waals surface area contributed by atoms with E-state index in [-0.39, 0.29) is 5.78 Å². The fraction of sp³-hybridized carbons (Fsp3) is 0.214. The van der Waals surface area contributed by atoms with E-state index in [9.17, 15) is 9.59 Å². The van der Waals surface area contributed by atoms with Gasteiger partial charge in [0.15, 0.2) is 5.78 Å². The molecular weight excluding hydrogens is 412 g/mol. The highest BCUT2D eigenvalue weighted by Gasteiger charge is 2.43. The zero-order chi connectivity index (χ0) is 23.4. The Labute approximate surface area is 193 Å². The maximum absolute atomic E-state index is 13.6. The van der Waals surface area contributed by atoms with Crippen LogP contribution in [0.15, 0.2) is 71.4 Å². The molecule has 3 aromatic rings. The highest BCUT2D eigenvalue weighted by molar-refractivity contribution is 6.23. The van der Waals surface area contributed by atoms with E-state index in [0.29, 0.717) is 22.4 Å². The molecule has 1 aliphatic carbocycles. The van der Waals surface area contributed by atoms with Gasteiger partial charge in [-0.15, -0.1) is 0 Å². The predicted molar refractivity (Wildman–Crippen MR) is 128 cm³/mol. The number of carbonyl (C=O) groups excluding carboxylic acids is 2. The van der Waals surface area contributed by atoms with Crippen LogP contribution in [0.25, 0.3) is 11.4 Å². The van der Waals surface area contributed by atoms with E-state index in [0.717, 1.165) is 39.5 Å². The number of hydrogen-bond donors (Lipinski definition) is 1. The monoisotopic (exact) mass is 438 g/mol. The largest absolute Gasteiger partial charge is 0.466 e. The summed E-state index contributed by atoms with van der Waals surface area (Å²) in [6.07, 6.45) is 0. The van der Waals surface area contributed by atoms with Crippen LogP contribution in [0, 0.1) is 20.8 Å². The Bertz CT molecular complexity index is 1400. The number of ether oxygens (including phenoxy) is 1. The maximum atomic E-state index is 13.6. The second kappa shape index (κ2) is 7.62. The number of hydrogen-bond acceptors (Lipinski definition) is 4. The molecule has 0 amide bonds. The lowest BCUT2D eigenvalue weighted by Gasteiger charge is -2.29. The number of dihydropyridines is 1. The first-order chi connectivity index (χ1) is 15.8. The molecule has 1 aliphatic heterocycles. The van der Waals surface area contributed by atoms with Gasteiger partial charge < -0.3 is 14.6 Å². The molecule has 0 radical (unpaired) electrons. The van der Waals surface area contributed by atoms with Gasteiger partial charge in [-0.05, 0) is 51.0 Å². The Balaban J connectivity index is 1.77. The standard InChI is InChI=1S/C28H26N2O3/c1-15-10-6-9-13-22(15)30-16(2)14-21(18(30)4)24-23(28(32)33-5)17(3)29-26-19-11-7-8-12-20(19)27(31)25(24)26/h6-14,24,29H,1-5H3/t24-/m0/s1. The Morgan fingerprint density at radius 2 is 1.64 bits per heavy atom. The molecule has 1 aromatic heterocycles. The Hall–Kier alpha value is -3.86. The molecule has 0 fully saturated rings. The molecule has 1 N–H and O–H groups in total. The molecule has 0 saturated carbocycles. The third-order valence-electron chi connectivity index (χ3n) is 6.79. The molecule has 0 bridgehead atoms. The van der Waals surface area contributed by atoms with Crippen molar-refractivity contribution in [2.24, 2.45) is 0 Å². The lowest BCUT2D eigenvalue weighted by atomic mass is 9.79. The summed E-state index contributed by atoms with van der Waals surface area (Å²) in [4.78, 5) is 26.6. The molecule has 1 atom stereocenters. The number of para-hydroxylation sites is 1. The van der Waals surface area contributed by atoms with Crippen molar-refractivity contribution in [2.75, 3.05) is 7.11 Å². The van der Waals surface area contributed by atoms with Crippen molar-refractivity contribution >= 4 is 17.4 Å². The van der Waals surface area contributed by atoms with Gasteiger partial charge in [-0.3, -0.25) is 4.79 Å². The normalized spacial score (nSPS) is 17.1. The molecule has 2 aromatic carbocycles. The molecule has 5 rings (SSSR count). The van der Waals surface area contributed by atoms with Gasteiger partial charge in [-0.25, -0.2) is 4.79 Å². The van der Waals surface area contributed by atoms with Gasteiger partial charge in [0.1, 0.15) is 0 Å². The third-order valence-corrected chi connectivity index (χ3v) is 6.79. The van der Waals surface area contributed by atoms with Crippen LogP contribution in [-0.2, 0) is 9.53 Å². The van der Waals surface area contributed by atoms with Gasteiger partial charge in [-0.1, -0.05) is 42.5 Å². The van der Waals surface area contributed by atoms with Gasteiger partial charge in [-0.2, -0.15) is 0 Å². The summed E-state index contributed by atoms with van der Waals surface area (Å²) < 4.78 is 7.37. The third kappa shape index (κ3) is 2.99. The van der Waals surface area contributed by atoms with Crippen molar-refractivity contribution in [1.29, 1.82) is 0 Å². The van der Waals surface area contributed by atoms with Gasteiger partial charge in [0.05, 0.1) is 24.3 Å². The summed E-state index contributed by atoms with van der Waals surface area (Å²) in [7, 11) is 1.38. The van der Waals surface area contributed by atoms with Crippen molar-refractivity contribution in [3.63, 3.8) is 0 Å². The lowest BCUT2D eigenvalue weighted by Crippen LogP contribution is -2.29. The summed E-state index contributed by atoms with van der Waals surface area (Å²) in [6.45, 7) is 8.06. The first-order valence-corrected chi connectivity index (χ1v) is 11.0. The van der Waals surface area contributed by atoms with Crippen molar-refractivity contribution < 1.29 is 14.3 Å². The number of benzene rings is 2. The van der Waals surface area contributed by atoms with Crippen LogP contribution in [0.3, 0.4) is 0 Å². The smallest absolute Gasteiger partial charge is 0.336 e. The van der Waals surface area contributed by atoms with E-state index in [2.05, 4.69) is 41.9 Å². The summed E-state index contributed by atoms with van der Waals surface area (Å²) in [5.41, 5.74) is 9.32. The van der Waals surface area contributed by atoms with E-state index in [1.54, 1.807) is 0 Å². The Kier molecular flexibility index (Phi) is 4.85. The number of methoxy groups -OCH3 is 1. The zero-order valence-corrected chi connectivity index (χ0v) is 19.4. The lowest BCUT2D eigenvalue weighted by molar-refractivity contribution is -0.136. The van der Waals surface area contributed by atoms with Gasteiger partial charge in [0.25, 0.3) is 0 Å². The van der Waals surface area contributed by atoms with Crippen LogP contribution in [0.4, 0.5) is 0 Å². The molecule has 166 valence electrons. The number of carbonyl (C=O) groups is 2. The van der Waals surface area contributed by atoms with Crippen molar-refractivity contribution in [3.05, 3.63) is 105 Å². The first kappa shape index (κ1) is 21.0. The van der Waals surface area contributed by atoms with Gasteiger partial charge in [0, 0.05) is 39.5 Å². The van der Waals surface area contributed by atoms with E-state index < -0.39 is 11.9 Å². The predicted octanol–water partition coefficient (Wildman–Crippen LogP) is 5.14. The van der Waals surface area contributed by atoms with Crippen LogP contribution in [0.2, 0.25) is 0 Å². The number of esters is 1. The van der Waals surface area contributed by atoms with E-state index >= 15 is 0 Å². The van der Waals surface area contributed by atoms with Crippen molar-refractivity contribution in [1.82, 2.24) is 9.88 Å². The number of aryl methyl sites for hydroxylation is 2.